The maximum Gasteiger partial charge on any atom is 0.415 e. The van der Waals surface area contributed by atoms with Crippen LogP contribution in [0.25, 0.3) is 10.8 Å². The van der Waals surface area contributed by atoms with Crippen molar-refractivity contribution in [3.63, 3.8) is 0 Å². The van der Waals surface area contributed by atoms with E-state index in [4.69, 9.17) is 0 Å². The molecule has 136 valence electrons. The van der Waals surface area contributed by atoms with Crippen LogP contribution in [0.3, 0.4) is 0 Å². The van der Waals surface area contributed by atoms with Crippen LogP contribution >= 0.6 is 7.80 Å². The fourth-order valence-corrected chi connectivity index (χ4v) is 4.90. The molecule has 0 spiro atoms. The van der Waals surface area contributed by atoms with Crippen molar-refractivity contribution >= 4 is 35.0 Å². The van der Waals surface area contributed by atoms with Gasteiger partial charge in [0, 0.05) is 17.2 Å². The van der Waals surface area contributed by atoms with Gasteiger partial charge in [-0.1, -0.05) is 65.2 Å². The van der Waals surface area contributed by atoms with E-state index in [0.29, 0.717) is 10.9 Å². The summed E-state index contributed by atoms with van der Waals surface area (Å²) in [5.74, 6) is -0.0286. The number of rotatable bonds is 4. The van der Waals surface area contributed by atoms with Gasteiger partial charge >= 0.3 is 7.80 Å². The normalized spacial score (nSPS) is 11.4. The van der Waals surface area contributed by atoms with Crippen LogP contribution in [-0.4, -0.2) is 5.78 Å². The zero-order valence-electron chi connectivity index (χ0n) is 15.8. The molecule has 0 amide bonds. The maximum atomic E-state index is 13.3. The molecule has 3 heteroatoms. The largest absolute Gasteiger partial charge is 0.415 e. The van der Waals surface area contributed by atoms with Gasteiger partial charge in [0.25, 0.3) is 0 Å². The smallest absolute Gasteiger partial charge is 0.289 e. The second-order valence-electron chi connectivity index (χ2n) is 6.92. The highest BCUT2D eigenvalue weighted by atomic mass is 31.1. The van der Waals surface area contributed by atoms with Gasteiger partial charge in [0.2, 0.25) is 0 Å². The van der Waals surface area contributed by atoms with Crippen molar-refractivity contribution in [2.45, 2.75) is 13.8 Å². The number of carbonyl (C=O) groups excluding carboxylic acids is 1. The number of carbonyl (C=O) groups is 1. The monoisotopic (exact) mass is 383 g/mol. The molecule has 28 heavy (non-hydrogen) atoms. The summed E-state index contributed by atoms with van der Waals surface area (Å²) in [4.78, 5) is 13.3. The summed E-state index contributed by atoms with van der Waals surface area (Å²) in [6, 6.07) is 26.7. The average Bonchev–Trinajstić information content (AvgIpc) is 2.74. The Morgan fingerprint density at radius 1 is 0.750 bits per heavy atom. The van der Waals surface area contributed by atoms with Crippen molar-refractivity contribution in [2.24, 2.45) is 0 Å². The van der Waals surface area contributed by atoms with Gasteiger partial charge in [0.1, 0.15) is 0 Å². The lowest BCUT2D eigenvalue weighted by Gasteiger charge is -2.12. The van der Waals surface area contributed by atoms with Gasteiger partial charge < -0.3 is 0 Å². The summed E-state index contributed by atoms with van der Waals surface area (Å²) in [6.45, 7) is 3.97. The van der Waals surface area contributed by atoms with Crippen molar-refractivity contribution in [3.05, 3.63) is 107 Å². The van der Waals surface area contributed by atoms with Crippen LogP contribution in [0.5, 0.6) is 0 Å². The van der Waals surface area contributed by atoms with Crippen LogP contribution in [0.15, 0.2) is 84.9 Å². The van der Waals surface area contributed by atoms with E-state index >= 15 is 0 Å². The number of benzene rings is 4. The first-order valence-corrected chi connectivity index (χ1v) is 10.5. The quantitative estimate of drug-likeness (QED) is 0.346. The van der Waals surface area contributed by atoms with Crippen molar-refractivity contribution in [1.29, 1.82) is 0 Å². The molecule has 0 saturated heterocycles. The molecular formula is C25H20O2P+. The minimum Gasteiger partial charge on any atom is -0.289 e. The first-order chi connectivity index (χ1) is 13.6. The topological polar surface area (TPSA) is 34.1 Å². The number of fused-ring (bicyclic) bond motifs is 1. The van der Waals surface area contributed by atoms with Crippen molar-refractivity contribution in [2.75, 3.05) is 0 Å². The predicted molar refractivity (Wildman–Crippen MR) is 117 cm³/mol. The summed E-state index contributed by atoms with van der Waals surface area (Å²) in [5, 5.41) is 3.65. The fourth-order valence-electron chi connectivity index (χ4n) is 3.68. The van der Waals surface area contributed by atoms with Gasteiger partial charge in [0.05, 0.1) is 0 Å². The molecule has 0 N–H and O–H groups in total. The minimum absolute atomic E-state index is 0.0286. The van der Waals surface area contributed by atoms with E-state index in [2.05, 4.69) is 12.1 Å². The van der Waals surface area contributed by atoms with Crippen LogP contribution < -0.4 is 10.6 Å². The van der Waals surface area contributed by atoms with E-state index in [0.717, 1.165) is 32.8 Å². The van der Waals surface area contributed by atoms with Crippen LogP contribution in [0.4, 0.5) is 0 Å². The Hall–Kier alpha value is -3.09. The maximum absolute atomic E-state index is 13.3. The third kappa shape index (κ3) is 3.28. The number of hydrogen-bond acceptors (Lipinski definition) is 2. The lowest BCUT2D eigenvalue weighted by molar-refractivity contribution is 0.103. The summed E-state index contributed by atoms with van der Waals surface area (Å²) in [7, 11) is -1.73. The SMILES string of the molecule is Cc1cc2ccccc2c(C)c1C(=O)c1cccc([P+](=O)c2ccccc2)c1. The van der Waals surface area contributed by atoms with Crippen LogP contribution in [0.2, 0.25) is 0 Å². The second-order valence-corrected chi connectivity index (χ2v) is 8.55. The van der Waals surface area contributed by atoms with Crippen LogP contribution in [0.1, 0.15) is 27.0 Å². The Morgan fingerprint density at radius 3 is 2.21 bits per heavy atom. The first-order valence-electron chi connectivity index (χ1n) is 9.22. The van der Waals surface area contributed by atoms with Crippen molar-refractivity contribution in [3.8, 4) is 0 Å². The van der Waals surface area contributed by atoms with E-state index in [1.807, 2.05) is 74.5 Å². The summed E-state index contributed by atoms with van der Waals surface area (Å²) in [6.07, 6.45) is 0. The molecule has 0 heterocycles. The highest BCUT2D eigenvalue weighted by molar-refractivity contribution is 7.61. The minimum atomic E-state index is -1.73. The molecule has 2 nitrogen and oxygen atoms in total. The second kappa shape index (κ2) is 7.50. The molecule has 0 bridgehead atoms. The molecule has 1 atom stereocenters. The molecule has 1 unspecified atom stereocenters. The van der Waals surface area contributed by atoms with Crippen LogP contribution in [-0.2, 0) is 4.57 Å². The molecule has 0 saturated carbocycles. The average molecular weight is 383 g/mol. The molecule has 4 aromatic rings. The Balaban J connectivity index is 1.78. The van der Waals surface area contributed by atoms with Crippen molar-refractivity contribution in [1.82, 2.24) is 0 Å². The Kier molecular flexibility index (Phi) is 4.90. The highest BCUT2D eigenvalue weighted by Gasteiger charge is 2.25. The van der Waals surface area contributed by atoms with Crippen molar-refractivity contribution < 1.29 is 9.36 Å². The highest BCUT2D eigenvalue weighted by Crippen LogP contribution is 2.28. The van der Waals surface area contributed by atoms with E-state index in [9.17, 15) is 9.36 Å². The first kappa shape index (κ1) is 18.3. The van der Waals surface area contributed by atoms with Gasteiger partial charge in [-0.3, -0.25) is 4.79 Å². The van der Waals surface area contributed by atoms with Crippen LogP contribution in [0, 0.1) is 13.8 Å². The summed E-state index contributed by atoms with van der Waals surface area (Å²) < 4.78 is 12.9. The van der Waals surface area contributed by atoms with E-state index in [1.165, 1.54) is 0 Å². The Labute approximate surface area is 165 Å². The standard InChI is InChI=1S/C25H20O2P/c1-17-15-19-9-6-7-14-23(19)18(2)24(17)25(26)20-10-8-13-22(16-20)28(27)21-11-4-3-5-12-21/h3-16H,1-2H3/q+1. The van der Waals surface area contributed by atoms with E-state index < -0.39 is 7.80 Å². The van der Waals surface area contributed by atoms with E-state index in [-0.39, 0.29) is 5.78 Å². The van der Waals surface area contributed by atoms with Gasteiger partial charge in [0.15, 0.2) is 16.4 Å². The third-order valence-corrected chi connectivity index (χ3v) is 6.58. The summed E-state index contributed by atoms with van der Waals surface area (Å²) >= 11 is 0. The molecule has 0 radical (unpaired) electrons. The zero-order chi connectivity index (χ0) is 19.7. The molecule has 4 rings (SSSR count). The van der Waals surface area contributed by atoms with Gasteiger partial charge in [-0.25, -0.2) is 0 Å². The molecule has 0 aliphatic heterocycles. The lowest BCUT2D eigenvalue weighted by Crippen LogP contribution is -2.11. The number of ketones is 1. The Morgan fingerprint density at radius 2 is 1.43 bits per heavy atom. The molecular weight excluding hydrogens is 363 g/mol. The lowest BCUT2D eigenvalue weighted by atomic mass is 9.90. The van der Waals surface area contributed by atoms with Gasteiger partial charge in [-0.05, 0) is 53.9 Å². The molecule has 0 aliphatic rings. The van der Waals surface area contributed by atoms with Gasteiger partial charge in [-0.2, -0.15) is 0 Å². The third-order valence-electron chi connectivity index (χ3n) is 5.07. The number of aryl methyl sites for hydroxylation is 2. The fraction of sp³-hybridized carbons (Fsp3) is 0.0800. The number of hydrogen-bond donors (Lipinski definition) is 0. The molecule has 0 fully saturated rings. The van der Waals surface area contributed by atoms with Gasteiger partial charge in [-0.15, -0.1) is 0 Å². The predicted octanol–water partition coefficient (Wildman–Crippen LogP) is 5.47. The Bertz CT molecular complexity index is 1210. The zero-order valence-corrected chi connectivity index (χ0v) is 16.7. The molecule has 0 aromatic heterocycles. The summed E-state index contributed by atoms with van der Waals surface area (Å²) in [5.41, 5.74) is 3.24. The van der Waals surface area contributed by atoms with E-state index in [1.54, 1.807) is 12.1 Å². The molecule has 0 aliphatic carbocycles. The molecule has 4 aromatic carbocycles.